The van der Waals surface area contributed by atoms with Crippen molar-refractivity contribution in [2.24, 2.45) is 0 Å². The van der Waals surface area contributed by atoms with E-state index in [1.54, 1.807) is 17.3 Å². The maximum Gasteiger partial charge on any atom is 0.342 e. The average molecular weight is 531 g/mol. The lowest BCUT2D eigenvalue weighted by atomic mass is 9.83. The summed E-state index contributed by atoms with van der Waals surface area (Å²) in [6, 6.07) is 14.3. The van der Waals surface area contributed by atoms with Crippen LogP contribution in [0, 0.1) is 0 Å². The minimum absolute atomic E-state index is 0.0755. The minimum atomic E-state index is -0.461. The van der Waals surface area contributed by atoms with Gasteiger partial charge in [-0.25, -0.2) is 9.59 Å². The number of fused-ring (bicyclic) bond motifs is 3. The van der Waals surface area contributed by atoms with Crippen molar-refractivity contribution in [1.82, 2.24) is 19.8 Å². The number of H-pyrrole nitrogens is 1. The van der Waals surface area contributed by atoms with E-state index in [-0.39, 0.29) is 12.1 Å². The zero-order valence-corrected chi connectivity index (χ0v) is 23.7. The molecule has 1 unspecified atom stereocenters. The van der Waals surface area contributed by atoms with Gasteiger partial charge in [-0.1, -0.05) is 44.2 Å². The van der Waals surface area contributed by atoms with Crippen molar-refractivity contribution in [3.63, 3.8) is 0 Å². The number of pyridine rings is 1. The number of carbonyl (C=O) groups excluding carboxylic acids is 2. The number of amides is 2. The molecule has 1 fully saturated rings. The van der Waals surface area contributed by atoms with Crippen LogP contribution in [0.4, 0.5) is 4.79 Å². The molecule has 0 bridgehead atoms. The number of rotatable bonds is 4. The first-order valence-electron chi connectivity index (χ1n) is 13.9. The summed E-state index contributed by atoms with van der Waals surface area (Å²) < 4.78 is 6.53. The zero-order chi connectivity index (χ0) is 27.8. The van der Waals surface area contributed by atoms with E-state index in [1.165, 1.54) is 5.56 Å². The van der Waals surface area contributed by atoms with Gasteiger partial charge in [-0.15, -0.1) is 0 Å². The largest absolute Gasteiger partial charge is 0.459 e. The molecule has 2 aliphatic rings. The van der Waals surface area contributed by atoms with Gasteiger partial charge in [-0.3, -0.25) is 9.88 Å². The summed E-state index contributed by atoms with van der Waals surface area (Å²) in [6.07, 6.45) is 4.10. The van der Waals surface area contributed by atoms with Crippen molar-refractivity contribution in [1.29, 1.82) is 0 Å². The molecule has 8 heteroatoms. The quantitative estimate of drug-likeness (QED) is 0.384. The van der Waals surface area contributed by atoms with Gasteiger partial charge in [-0.05, 0) is 26.0 Å². The first-order valence-corrected chi connectivity index (χ1v) is 13.9. The van der Waals surface area contributed by atoms with Crippen molar-refractivity contribution >= 4 is 28.6 Å². The summed E-state index contributed by atoms with van der Waals surface area (Å²) in [6.45, 7) is 12.5. The Morgan fingerprint density at radius 3 is 2.62 bits per heavy atom. The first-order chi connectivity index (χ1) is 18.6. The topological polar surface area (TPSA) is 78.5 Å². The third-order valence-corrected chi connectivity index (χ3v) is 7.87. The van der Waals surface area contributed by atoms with E-state index < -0.39 is 11.4 Å². The van der Waals surface area contributed by atoms with Gasteiger partial charge < -0.3 is 19.1 Å². The third-order valence-electron chi connectivity index (χ3n) is 7.87. The molecule has 4 heterocycles. The Morgan fingerprint density at radius 2 is 1.87 bits per heavy atom. The van der Waals surface area contributed by atoms with Gasteiger partial charge in [0.2, 0.25) is 0 Å². The molecule has 2 amide bonds. The lowest BCUT2D eigenvalue weighted by molar-refractivity contribution is -0.920. The molecule has 1 aromatic carbocycles. The molecule has 5 rings (SSSR count). The molecule has 0 saturated carbocycles. The van der Waals surface area contributed by atoms with Gasteiger partial charge in [0.05, 0.1) is 55.1 Å². The Kier molecular flexibility index (Phi) is 7.25. The Hall–Kier alpha value is -3.65. The summed E-state index contributed by atoms with van der Waals surface area (Å²) in [5.41, 5.74) is 4.50. The fourth-order valence-electron chi connectivity index (χ4n) is 5.99. The van der Waals surface area contributed by atoms with Crippen molar-refractivity contribution < 1.29 is 18.8 Å². The Balaban J connectivity index is 1.45. The van der Waals surface area contributed by atoms with Crippen LogP contribution in [0.25, 0.3) is 16.6 Å². The Morgan fingerprint density at radius 1 is 1.10 bits per heavy atom. The highest BCUT2D eigenvalue weighted by molar-refractivity contribution is 6.18. The average Bonchev–Trinajstić information content (AvgIpc) is 3.11. The Bertz CT molecular complexity index is 1390. The van der Waals surface area contributed by atoms with E-state index in [0.29, 0.717) is 30.9 Å². The number of esters is 1. The molecular formula is C31H40N5O3+. The molecule has 8 nitrogen and oxygen atoms in total. The standard InChI is InChI=1S/C31H40N5O3/c1-22(2)39-29(37)24-19-35(21-31(3,4)26-27(24)33-25-13-9-14-32-28(25)26)30(38)34-15-10-17-36(5,18-16-34)20-23-11-7-6-8-12-23/h6-9,11-14,19,22,33H,10,15-18,20-21H2,1-5H3/q+1. The molecule has 206 valence electrons. The molecule has 2 aliphatic heterocycles. The molecule has 0 spiro atoms. The number of quaternary nitrogens is 1. The van der Waals surface area contributed by atoms with Gasteiger partial charge >= 0.3 is 12.0 Å². The van der Waals surface area contributed by atoms with Crippen LogP contribution in [0.15, 0.2) is 54.9 Å². The highest BCUT2D eigenvalue weighted by Gasteiger charge is 2.39. The van der Waals surface area contributed by atoms with Crippen molar-refractivity contribution in [3.05, 3.63) is 71.7 Å². The molecule has 0 aliphatic carbocycles. The molecule has 39 heavy (non-hydrogen) atoms. The van der Waals surface area contributed by atoms with Gasteiger partial charge in [0.1, 0.15) is 6.54 Å². The maximum atomic E-state index is 14.1. The summed E-state index contributed by atoms with van der Waals surface area (Å²) >= 11 is 0. The maximum absolute atomic E-state index is 14.1. The molecule has 1 atom stereocenters. The van der Waals surface area contributed by atoms with Gasteiger partial charge in [-0.2, -0.15) is 0 Å². The van der Waals surface area contributed by atoms with Crippen LogP contribution >= 0.6 is 0 Å². The first kappa shape index (κ1) is 26.9. The van der Waals surface area contributed by atoms with E-state index in [1.807, 2.05) is 36.9 Å². The summed E-state index contributed by atoms with van der Waals surface area (Å²) in [7, 11) is 2.28. The van der Waals surface area contributed by atoms with Crippen LogP contribution < -0.4 is 0 Å². The molecule has 3 aromatic rings. The summed E-state index contributed by atoms with van der Waals surface area (Å²) in [5.74, 6) is -0.448. The van der Waals surface area contributed by atoms with Crippen LogP contribution in [0.1, 0.15) is 50.9 Å². The Labute approximate surface area is 230 Å². The van der Waals surface area contributed by atoms with Crippen LogP contribution in [0.3, 0.4) is 0 Å². The van der Waals surface area contributed by atoms with Gasteiger partial charge in [0.25, 0.3) is 0 Å². The molecular weight excluding hydrogens is 490 g/mol. The molecule has 1 saturated heterocycles. The fourth-order valence-corrected chi connectivity index (χ4v) is 5.99. The number of likely N-dealkylation sites (N-methyl/N-ethyl adjacent to an activating group) is 1. The van der Waals surface area contributed by atoms with Crippen molar-refractivity contribution in [3.8, 4) is 0 Å². The molecule has 1 N–H and O–H groups in total. The van der Waals surface area contributed by atoms with Gasteiger partial charge in [0.15, 0.2) is 0 Å². The SMILES string of the molecule is CC(C)OC(=O)C1=CN(C(=O)N2CCC[N+](C)(Cc3ccccc3)CC2)CC(C)(C)c2c1[nH]c1cccnc21. The highest BCUT2D eigenvalue weighted by atomic mass is 16.5. The summed E-state index contributed by atoms with van der Waals surface area (Å²) in [5, 5.41) is 0. The number of hydrogen-bond donors (Lipinski definition) is 1. The number of nitrogens with zero attached hydrogens (tertiary/aromatic N) is 4. The van der Waals surface area contributed by atoms with E-state index in [4.69, 9.17) is 4.74 Å². The number of aromatic nitrogens is 2. The van der Waals surface area contributed by atoms with Crippen molar-refractivity contribution in [2.45, 2.75) is 52.2 Å². The lowest BCUT2D eigenvalue weighted by Gasteiger charge is -2.34. The third kappa shape index (κ3) is 5.57. The molecule has 2 aromatic heterocycles. The second-order valence-electron chi connectivity index (χ2n) is 12.1. The predicted octanol–water partition coefficient (Wildman–Crippen LogP) is 4.92. The minimum Gasteiger partial charge on any atom is -0.459 e. The number of benzene rings is 1. The van der Waals surface area contributed by atoms with Crippen LogP contribution in [-0.4, -0.2) is 82.1 Å². The second-order valence-corrected chi connectivity index (χ2v) is 12.1. The number of aromatic amines is 1. The number of urea groups is 1. The van der Waals surface area contributed by atoms with Crippen LogP contribution in [0.5, 0.6) is 0 Å². The number of ether oxygens (including phenoxy) is 1. The van der Waals surface area contributed by atoms with Crippen molar-refractivity contribution in [2.75, 3.05) is 39.8 Å². The molecule has 0 radical (unpaired) electrons. The lowest BCUT2D eigenvalue weighted by Crippen LogP contribution is -2.48. The summed E-state index contributed by atoms with van der Waals surface area (Å²) in [4.78, 5) is 39.2. The number of hydrogen-bond acceptors (Lipinski definition) is 4. The van der Waals surface area contributed by atoms with E-state index >= 15 is 0 Å². The number of carbonyl (C=O) groups is 2. The normalized spacial score (nSPS) is 21.2. The zero-order valence-electron chi connectivity index (χ0n) is 23.7. The monoisotopic (exact) mass is 530 g/mol. The second kappa shape index (κ2) is 10.5. The van der Waals surface area contributed by atoms with E-state index in [2.05, 4.69) is 55.1 Å². The van der Waals surface area contributed by atoms with Crippen LogP contribution in [-0.2, 0) is 21.5 Å². The highest BCUT2D eigenvalue weighted by Crippen LogP contribution is 2.40. The number of nitrogens with one attached hydrogen (secondary N) is 1. The predicted molar refractivity (Wildman–Crippen MR) is 153 cm³/mol. The van der Waals surface area contributed by atoms with Crippen LogP contribution in [0.2, 0.25) is 0 Å². The smallest absolute Gasteiger partial charge is 0.342 e. The van der Waals surface area contributed by atoms with E-state index in [9.17, 15) is 9.59 Å². The van der Waals surface area contributed by atoms with E-state index in [0.717, 1.165) is 47.1 Å². The van der Waals surface area contributed by atoms with Gasteiger partial charge in [0, 0.05) is 48.4 Å². The fraction of sp³-hybridized carbons (Fsp3) is 0.452.